The normalized spacial score (nSPS) is 25.6. The van der Waals surface area contributed by atoms with Crippen molar-refractivity contribution in [3.05, 3.63) is 0 Å². The zero-order chi connectivity index (χ0) is 38.5. The highest BCUT2D eigenvalue weighted by Gasteiger charge is 2.70. The van der Waals surface area contributed by atoms with Crippen molar-refractivity contribution in [2.24, 2.45) is 16.7 Å². The lowest BCUT2D eigenvalue weighted by Crippen LogP contribution is -2.65. The second-order valence-corrected chi connectivity index (χ2v) is 15.0. The van der Waals surface area contributed by atoms with Gasteiger partial charge in [0.1, 0.15) is 24.6 Å². The maximum Gasteiger partial charge on any atom is 0.326 e. The maximum absolute atomic E-state index is 14.4. The fourth-order valence-electron chi connectivity index (χ4n) is 7.61. The number of esters is 3. The van der Waals surface area contributed by atoms with Crippen LogP contribution >= 0.6 is 0 Å². The molecule has 4 aliphatic rings. The summed E-state index contributed by atoms with van der Waals surface area (Å²) >= 11 is 0. The predicted molar refractivity (Wildman–Crippen MR) is 169 cm³/mol. The first-order valence-electron chi connectivity index (χ1n) is 17.0. The van der Waals surface area contributed by atoms with Gasteiger partial charge >= 0.3 is 29.8 Å². The highest BCUT2D eigenvalue weighted by Crippen LogP contribution is 2.68. The summed E-state index contributed by atoms with van der Waals surface area (Å²) in [6.45, 7) is 2.47. The second kappa shape index (κ2) is 19.4. The first-order valence-corrected chi connectivity index (χ1v) is 18.6. The SMILES string of the molecule is COCCOCCOCCOC(=O)C12CC3CC(OC(=O)CCC(F)(F)C(F)(F)CS(=O)(=O)O)(C1)CC(C(=O)OCCOCCOCCOC)(C3)C2. The van der Waals surface area contributed by atoms with Crippen molar-refractivity contribution in [1.29, 1.82) is 0 Å². The number of alkyl halides is 4. The number of hydrogen-bond acceptors (Lipinski definition) is 14. The molecule has 2 atom stereocenters. The van der Waals surface area contributed by atoms with Gasteiger partial charge in [-0.3, -0.25) is 18.9 Å². The Morgan fingerprint density at radius 1 is 0.654 bits per heavy atom. The van der Waals surface area contributed by atoms with Crippen LogP contribution in [0, 0.1) is 16.7 Å². The quantitative estimate of drug-likeness (QED) is 0.0421. The van der Waals surface area contributed by atoms with Gasteiger partial charge in [0.2, 0.25) is 0 Å². The average molecular weight is 783 g/mol. The third-order valence-corrected chi connectivity index (χ3v) is 10.0. The third kappa shape index (κ3) is 12.7. The van der Waals surface area contributed by atoms with E-state index in [0.29, 0.717) is 52.5 Å². The van der Waals surface area contributed by atoms with E-state index in [9.17, 15) is 40.4 Å². The van der Waals surface area contributed by atoms with Crippen molar-refractivity contribution in [2.45, 2.75) is 68.8 Å². The van der Waals surface area contributed by atoms with Gasteiger partial charge in [0, 0.05) is 33.5 Å². The van der Waals surface area contributed by atoms with Crippen LogP contribution < -0.4 is 0 Å². The molecule has 4 aliphatic carbocycles. The molecule has 1 N–H and O–H groups in total. The second-order valence-electron chi connectivity index (χ2n) is 13.6. The van der Waals surface area contributed by atoms with E-state index in [1.54, 1.807) is 14.2 Å². The number of carbonyl (C=O) groups excluding carboxylic acids is 3. The van der Waals surface area contributed by atoms with Gasteiger partial charge in [0.25, 0.3) is 10.1 Å². The zero-order valence-electron chi connectivity index (χ0n) is 29.5. The lowest BCUT2D eigenvalue weighted by Gasteiger charge is -2.63. The Hall–Kier alpha value is -2.20. The van der Waals surface area contributed by atoms with Crippen molar-refractivity contribution in [2.75, 3.05) is 99.3 Å². The summed E-state index contributed by atoms with van der Waals surface area (Å²) in [6.07, 6.45) is -2.47. The fraction of sp³-hybridized carbons (Fsp3) is 0.906. The predicted octanol–water partition coefficient (Wildman–Crippen LogP) is 2.62. The summed E-state index contributed by atoms with van der Waals surface area (Å²) in [6, 6.07) is 0. The third-order valence-electron chi connectivity index (χ3n) is 9.28. The molecule has 15 nitrogen and oxygen atoms in total. The van der Waals surface area contributed by atoms with Gasteiger partial charge in [-0.15, -0.1) is 0 Å². The van der Waals surface area contributed by atoms with Crippen LogP contribution in [0.4, 0.5) is 17.6 Å². The lowest BCUT2D eigenvalue weighted by atomic mass is 9.42. The molecule has 0 amide bonds. The molecule has 0 saturated heterocycles. The molecule has 2 unspecified atom stereocenters. The Morgan fingerprint density at radius 2 is 1.08 bits per heavy atom. The molecule has 4 saturated carbocycles. The summed E-state index contributed by atoms with van der Waals surface area (Å²) in [4.78, 5) is 40.4. The summed E-state index contributed by atoms with van der Waals surface area (Å²) < 4.78 is 135. The largest absolute Gasteiger partial charge is 0.463 e. The zero-order valence-corrected chi connectivity index (χ0v) is 30.3. The van der Waals surface area contributed by atoms with Crippen molar-refractivity contribution in [3.8, 4) is 0 Å². The molecule has 4 fully saturated rings. The first-order chi connectivity index (χ1) is 24.4. The molecule has 0 aromatic heterocycles. The molecule has 0 radical (unpaired) electrons. The molecule has 52 heavy (non-hydrogen) atoms. The summed E-state index contributed by atoms with van der Waals surface area (Å²) in [5.74, 6) is -15.7. The number of ether oxygens (including phenoxy) is 9. The van der Waals surface area contributed by atoms with Gasteiger partial charge in [-0.25, -0.2) is 0 Å². The van der Waals surface area contributed by atoms with E-state index in [1.165, 1.54) is 0 Å². The van der Waals surface area contributed by atoms with Gasteiger partial charge < -0.3 is 42.6 Å². The van der Waals surface area contributed by atoms with Crippen molar-refractivity contribution in [3.63, 3.8) is 0 Å². The van der Waals surface area contributed by atoms with Crippen molar-refractivity contribution in [1.82, 2.24) is 0 Å². The number of halogens is 4. The number of carbonyl (C=O) groups is 3. The van der Waals surface area contributed by atoms with Crippen LogP contribution in [0.2, 0.25) is 0 Å². The topological polar surface area (TPSA) is 189 Å². The van der Waals surface area contributed by atoms with E-state index in [2.05, 4.69) is 0 Å². The summed E-state index contributed by atoms with van der Waals surface area (Å²) in [5, 5.41) is 0. The Kier molecular flexibility index (Phi) is 16.5. The Balaban J connectivity index is 1.68. The van der Waals surface area contributed by atoms with Gasteiger partial charge in [0.15, 0.2) is 0 Å². The number of methoxy groups -OCH3 is 2. The first kappa shape index (κ1) is 44.2. The Morgan fingerprint density at radius 3 is 1.50 bits per heavy atom. The Labute approximate surface area is 300 Å². The van der Waals surface area contributed by atoms with Gasteiger partial charge in [-0.1, -0.05) is 0 Å². The van der Waals surface area contributed by atoms with Crippen LogP contribution in [0.3, 0.4) is 0 Å². The molecule has 0 heterocycles. The minimum atomic E-state index is -5.47. The number of hydrogen-bond donors (Lipinski definition) is 1. The molecule has 0 spiro atoms. The number of rotatable bonds is 27. The van der Waals surface area contributed by atoms with Crippen molar-refractivity contribution >= 4 is 28.0 Å². The van der Waals surface area contributed by atoms with E-state index in [-0.39, 0.29) is 71.2 Å². The van der Waals surface area contributed by atoms with Crippen LogP contribution in [0.15, 0.2) is 0 Å². The fourth-order valence-corrected chi connectivity index (χ4v) is 8.28. The minimum absolute atomic E-state index is 0.00971. The molecule has 0 aromatic rings. The Bertz CT molecular complexity index is 1230. The monoisotopic (exact) mass is 782 g/mol. The van der Waals surface area contributed by atoms with Crippen molar-refractivity contribution < 1.29 is 87.5 Å². The lowest BCUT2D eigenvalue weighted by molar-refractivity contribution is -0.237. The summed E-state index contributed by atoms with van der Waals surface area (Å²) in [7, 11) is -2.39. The van der Waals surface area contributed by atoms with Crippen LogP contribution in [0.1, 0.15) is 51.4 Å². The highest BCUT2D eigenvalue weighted by molar-refractivity contribution is 7.85. The van der Waals surface area contributed by atoms with Crippen LogP contribution in [0.5, 0.6) is 0 Å². The molecule has 20 heteroatoms. The highest BCUT2D eigenvalue weighted by atomic mass is 32.2. The maximum atomic E-state index is 14.4. The van der Waals surface area contributed by atoms with Crippen LogP contribution in [0.25, 0.3) is 0 Å². The molecule has 4 bridgehead atoms. The molecular weight excluding hydrogens is 732 g/mol. The van der Waals surface area contributed by atoms with E-state index in [1.807, 2.05) is 0 Å². The van der Waals surface area contributed by atoms with E-state index in [0.717, 1.165) is 0 Å². The standard InChI is InChI=1S/C32H50F4O15S/c1-43-5-7-45-9-11-47-13-15-49-26(38)28-17-24-18-29(20-28,27(39)50-16-14-48-12-10-46-8-6-44-2)22-30(19-24,21-28)51-25(37)3-4-31(33,34)32(35,36)23-52(40,41)42/h24H,3-23H2,1-2H3,(H,40,41,42). The van der Waals surface area contributed by atoms with Crippen LogP contribution in [-0.2, 0) is 67.1 Å². The van der Waals surface area contributed by atoms with E-state index < -0.39 is 74.9 Å². The van der Waals surface area contributed by atoms with E-state index in [4.69, 9.17) is 47.2 Å². The minimum Gasteiger partial charge on any atom is -0.463 e. The summed E-state index contributed by atoms with van der Waals surface area (Å²) in [5.41, 5.74) is -4.14. The van der Waals surface area contributed by atoms with Gasteiger partial charge in [-0.05, 0) is 31.6 Å². The van der Waals surface area contributed by atoms with E-state index >= 15 is 0 Å². The molecule has 0 aliphatic heterocycles. The average Bonchev–Trinajstić information content (AvgIpc) is 3.03. The molecule has 4 rings (SSSR count). The molecule has 0 aromatic carbocycles. The van der Waals surface area contributed by atoms with Gasteiger partial charge in [0.05, 0.1) is 83.3 Å². The smallest absolute Gasteiger partial charge is 0.326 e. The van der Waals surface area contributed by atoms with Gasteiger partial charge in [-0.2, -0.15) is 26.0 Å². The molecular formula is C32H50F4O15S. The van der Waals surface area contributed by atoms with Crippen LogP contribution in [-0.4, -0.2) is 148 Å². The molecule has 302 valence electrons.